The Morgan fingerprint density at radius 2 is 1.71 bits per heavy atom. The molecule has 2 aliphatic rings. The fourth-order valence-corrected chi connectivity index (χ4v) is 6.47. The van der Waals surface area contributed by atoms with Crippen LogP contribution in [0.4, 0.5) is 0 Å². The third kappa shape index (κ3) is 4.72. The number of thiophene rings is 1. The van der Waals surface area contributed by atoms with E-state index in [1.165, 1.54) is 0 Å². The van der Waals surface area contributed by atoms with Gasteiger partial charge in [0.2, 0.25) is 11.7 Å². The molecule has 8 nitrogen and oxygen atoms in total. The van der Waals surface area contributed by atoms with E-state index >= 15 is 0 Å². The number of benzene rings is 1. The molecule has 2 amide bonds. The van der Waals surface area contributed by atoms with E-state index in [4.69, 9.17) is 14.2 Å². The largest absolute Gasteiger partial charge is 0.490 e. The van der Waals surface area contributed by atoms with Gasteiger partial charge in [0.05, 0.1) is 36.6 Å². The summed E-state index contributed by atoms with van der Waals surface area (Å²) in [5, 5.41) is 5.29. The van der Waals surface area contributed by atoms with Gasteiger partial charge in [0.15, 0.2) is 11.5 Å². The summed E-state index contributed by atoms with van der Waals surface area (Å²) in [5.74, 6) is 1.43. The maximum Gasteiger partial charge on any atom is 0.271 e. The lowest BCUT2D eigenvalue weighted by Gasteiger charge is -2.44. The molecular weight excluding hydrogens is 502 g/mol. The van der Waals surface area contributed by atoms with Crippen LogP contribution in [0, 0.1) is 0 Å². The summed E-state index contributed by atoms with van der Waals surface area (Å²) in [6, 6.07) is 7.91. The molecule has 1 atom stereocenters. The summed E-state index contributed by atoms with van der Waals surface area (Å²) in [6.45, 7) is 9.66. The van der Waals surface area contributed by atoms with Crippen molar-refractivity contribution in [3.8, 4) is 17.2 Å². The molecule has 9 heteroatoms. The highest BCUT2D eigenvalue weighted by Crippen LogP contribution is 2.41. The van der Waals surface area contributed by atoms with Crippen LogP contribution in [0.5, 0.6) is 17.2 Å². The van der Waals surface area contributed by atoms with Gasteiger partial charge in [-0.3, -0.25) is 9.59 Å². The molecule has 1 N–H and O–H groups in total. The standard InChI is InChI=1S/C29H37N3O5S/c1-5-35-23-14-19(15-24(36-6-2)26(23)37-7-3)17-32-27(33)22-16-25-21(12-13-38-25)31(22)18-29(32,4)28(34)30-20-10-8-9-11-20/h12-16,20H,5-11,17-18H2,1-4H3,(H,30,34). The maximum atomic E-state index is 14.1. The van der Waals surface area contributed by atoms with Crippen molar-refractivity contribution in [3.63, 3.8) is 0 Å². The van der Waals surface area contributed by atoms with E-state index in [0.717, 1.165) is 41.5 Å². The van der Waals surface area contributed by atoms with Crippen LogP contribution < -0.4 is 19.5 Å². The minimum absolute atomic E-state index is 0.110. The van der Waals surface area contributed by atoms with Gasteiger partial charge < -0.3 is 29.0 Å². The number of amides is 2. The Morgan fingerprint density at radius 1 is 1.05 bits per heavy atom. The van der Waals surface area contributed by atoms with Gasteiger partial charge >= 0.3 is 0 Å². The van der Waals surface area contributed by atoms with Gasteiger partial charge in [-0.2, -0.15) is 0 Å². The van der Waals surface area contributed by atoms with Gasteiger partial charge in [0, 0.05) is 12.6 Å². The van der Waals surface area contributed by atoms with Crippen LogP contribution in [0.2, 0.25) is 0 Å². The van der Waals surface area contributed by atoms with Gasteiger partial charge in [-0.15, -0.1) is 11.3 Å². The number of nitrogens with zero attached hydrogens (tertiary/aromatic N) is 2. The fraction of sp³-hybridized carbons (Fsp3) is 0.517. The summed E-state index contributed by atoms with van der Waals surface area (Å²) < 4.78 is 20.8. The Balaban J connectivity index is 1.56. The molecule has 1 aliphatic heterocycles. The van der Waals surface area contributed by atoms with E-state index in [1.54, 1.807) is 16.2 Å². The van der Waals surface area contributed by atoms with E-state index in [9.17, 15) is 9.59 Å². The fourth-order valence-electron chi connectivity index (χ4n) is 5.65. The monoisotopic (exact) mass is 539 g/mol. The van der Waals surface area contributed by atoms with E-state index in [-0.39, 0.29) is 24.4 Å². The highest BCUT2D eigenvalue weighted by atomic mass is 32.1. The minimum Gasteiger partial charge on any atom is -0.490 e. The number of ether oxygens (including phenoxy) is 3. The normalized spacial score (nSPS) is 19.6. The molecule has 0 saturated heterocycles. The van der Waals surface area contributed by atoms with Crippen LogP contribution >= 0.6 is 11.3 Å². The van der Waals surface area contributed by atoms with Gasteiger partial charge in [0.1, 0.15) is 11.2 Å². The van der Waals surface area contributed by atoms with Crippen molar-refractivity contribution in [2.24, 2.45) is 0 Å². The van der Waals surface area contributed by atoms with Crippen molar-refractivity contribution in [1.82, 2.24) is 14.8 Å². The van der Waals surface area contributed by atoms with Crippen LogP contribution in [0.1, 0.15) is 69.4 Å². The van der Waals surface area contributed by atoms with Crippen LogP contribution in [0.25, 0.3) is 10.2 Å². The Labute approximate surface area is 227 Å². The summed E-state index contributed by atoms with van der Waals surface area (Å²) >= 11 is 1.60. The van der Waals surface area contributed by atoms with E-state index < -0.39 is 5.54 Å². The molecule has 2 aromatic heterocycles. The lowest BCUT2D eigenvalue weighted by molar-refractivity contribution is -0.133. The molecule has 1 unspecified atom stereocenters. The molecule has 0 radical (unpaired) electrons. The Hall–Kier alpha value is -3.20. The molecule has 0 spiro atoms. The van der Waals surface area contributed by atoms with Crippen molar-refractivity contribution in [1.29, 1.82) is 0 Å². The van der Waals surface area contributed by atoms with Crippen molar-refractivity contribution < 1.29 is 23.8 Å². The van der Waals surface area contributed by atoms with Gasteiger partial charge in [-0.1, -0.05) is 12.8 Å². The third-order valence-corrected chi connectivity index (χ3v) is 8.39. The predicted octanol–water partition coefficient (Wildman–Crippen LogP) is 5.37. The predicted molar refractivity (Wildman–Crippen MR) is 148 cm³/mol. The first-order valence-electron chi connectivity index (χ1n) is 13.6. The number of carbonyl (C=O) groups excluding carboxylic acids is 2. The van der Waals surface area contributed by atoms with Crippen LogP contribution in [0.3, 0.4) is 0 Å². The lowest BCUT2D eigenvalue weighted by atomic mass is 9.93. The summed E-state index contributed by atoms with van der Waals surface area (Å²) in [4.78, 5) is 29.7. The minimum atomic E-state index is -1.07. The van der Waals surface area contributed by atoms with Gasteiger partial charge in [-0.05, 0) is 75.7 Å². The molecular formula is C29H37N3O5S. The smallest absolute Gasteiger partial charge is 0.271 e. The topological polar surface area (TPSA) is 82.0 Å². The van der Waals surface area contributed by atoms with Crippen molar-refractivity contribution >= 4 is 33.4 Å². The molecule has 3 heterocycles. The number of hydrogen-bond donors (Lipinski definition) is 1. The summed E-state index contributed by atoms with van der Waals surface area (Å²) in [6.07, 6.45) is 4.20. The number of fused-ring (bicyclic) bond motifs is 3. The molecule has 0 bridgehead atoms. The van der Waals surface area contributed by atoms with Crippen LogP contribution in [0.15, 0.2) is 29.6 Å². The highest BCUT2D eigenvalue weighted by molar-refractivity contribution is 7.17. The number of rotatable bonds is 10. The summed E-state index contributed by atoms with van der Waals surface area (Å²) in [5.41, 5.74) is 1.35. The highest BCUT2D eigenvalue weighted by Gasteiger charge is 2.48. The van der Waals surface area contributed by atoms with Crippen molar-refractivity contribution in [3.05, 3.63) is 40.9 Å². The average molecular weight is 540 g/mol. The zero-order valence-electron chi connectivity index (χ0n) is 22.7. The second kappa shape index (κ2) is 10.9. The SMILES string of the molecule is CCOc1cc(CN2C(=O)c3cc4sccc4n3CC2(C)C(=O)NC2CCCC2)cc(OCC)c1OCC. The van der Waals surface area contributed by atoms with Crippen molar-refractivity contribution in [2.45, 2.75) is 78.0 Å². The number of carbonyl (C=O) groups is 2. The first-order chi connectivity index (χ1) is 18.4. The Kier molecular flexibility index (Phi) is 7.56. The Bertz CT molecular complexity index is 1300. The van der Waals surface area contributed by atoms with E-state index in [2.05, 4.69) is 5.32 Å². The summed E-state index contributed by atoms with van der Waals surface area (Å²) in [7, 11) is 0. The molecule has 204 valence electrons. The first kappa shape index (κ1) is 26.4. The van der Waals surface area contributed by atoms with E-state index in [1.807, 2.05) is 61.9 Å². The lowest BCUT2D eigenvalue weighted by Crippen LogP contribution is -2.64. The maximum absolute atomic E-state index is 14.1. The Morgan fingerprint density at radius 3 is 2.34 bits per heavy atom. The van der Waals surface area contributed by atoms with Gasteiger partial charge in [-0.25, -0.2) is 0 Å². The zero-order valence-corrected chi connectivity index (χ0v) is 23.5. The second-order valence-corrected chi connectivity index (χ2v) is 11.1. The molecule has 5 rings (SSSR count). The van der Waals surface area contributed by atoms with Gasteiger partial charge in [0.25, 0.3) is 5.91 Å². The number of hydrogen-bond acceptors (Lipinski definition) is 6. The number of nitrogens with one attached hydrogen (secondary N) is 1. The van der Waals surface area contributed by atoms with Crippen molar-refractivity contribution in [2.75, 3.05) is 19.8 Å². The molecule has 38 heavy (non-hydrogen) atoms. The van der Waals surface area contributed by atoms with E-state index in [0.29, 0.717) is 49.3 Å². The molecule has 1 aliphatic carbocycles. The third-order valence-electron chi connectivity index (χ3n) is 7.54. The molecule has 1 fully saturated rings. The second-order valence-electron chi connectivity index (χ2n) is 10.1. The molecule has 1 aromatic carbocycles. The molecule has 3 aromatic rings. The quantitative estimate of drug-likeness (QED) is 0.375. The van der Waals surface area contributed by atoms with Crippen LogP contribution in [-0.4, -0.2) is 52.7 Å². The average Bonchev–Trinajstić information content (AvgIpc) is 3.63. The molecule has 1 saturated carbocycles. The zero-order chi connectivity index (χ0) is 26.9. The number of aromatic nitrogens is 1. The van der Waals surface area contributed by atoms with Crippen LogP contribution in [-0.2, 0) is 17.9 Å². The first-order valence-corrected chi connectivity index (χ1v) is 14.5.